The number of aromatic carboxylic acids is 1. The molecule has 2 rings (SSSR count). The molecule has 0 unspecified atom stereocenters. The second-order valence-electron chi connectivity index (χ2n) is 4.13. The molecule has 0 aliphatic rings. The van der Waals surface area contributed by atoms with Gasteiger partial charge in [0.05, 0.1) is 5.56 Å². The average molecular weight is 259 g/mol. The third-order valence-corrected chi connectivity index (χ3v) is 2.64. The molecule has 0 saturated heterocycles. The number of hydrogen-bond donors (Lipinski definition) is 2. The molecule has 0 amide bonds. The van der Waals surface area contributed by atoms with E-state index in [9.17, 15) is 9.59 Å². The molecule has 0 fully saturated rings. The van der Waals surface area contributed by atoms with E-state index in [1.54, 1.807) is 6.07 Å². The lowest BCUT2D eigenvalue weighted by Crippen LogP contribution is -2.20. The summed E-state index contributed by atoms with van der Waals surface area (Å²) in [5.74, 6) is -0.612. The fraction of sp³-hybridized carbons (Fsp3) is 0.143. The summed E-state index contributed by atoms with van der Waals surface area (Å²) in [5, 5.41) is 8.85. The minimum Gasteiger partial charge on any atom is -0.489 e. The highest BCUT2D eigenvalue weighted by Gasteiger charge is 2.11. The van der Waals surface area contributed by atoms with Crippen molar-refractivity contribution in [3.05, 3.63) is 63.6 Å². The number of carboxylic acid groups (broad SMARTS) is 1. The monoisotopic (exact) mass is 259 g/mol. The first-order valence-electron chi connectivity index (χ1n) is 5.70. The van der Waals surface area contributed by atoms with Gasteiger partial charge in [0.25, 0.3) is 0 Å². The predicted octanol–water partition coefficient (Wildman–Crippen LogP) is 1.96. The molecule has 5 heteroatoms. The van der Waals surface area contributed by atoms with Gasteiger partial charge in [-0.2, -0.15) is 0 Å². The van der Waals surface area contributed by atoms with Crippen LogP contribution in [0.3, 0.4) is 0 Å². The zero-order chi connectivity index (χ0) is 13.8. The zero-order valence-corrected chi connectivity index (χ0v) is 10.3. The van der Waals surface area contributed by atoms with Crippen molar-refractivity contribution in [2.45, 2.75) is 13.5 Å². The summed E-state index contributed by atoms with van der Waals surface area (Å²) >= 11 is 0. The number of ether oxygens (including phenoxy) is 1. The molecule has 0 aliphatic carbocycles. The summed E-state index contributed by atoms with van der Waals surface area (Å²) in [4.78, 5) is 25.3. The lowest BCUT2D eigenvalue weighted by atomic mass is 10.2. The highest BCUT2D eigenvalue weighted by molar-refractivity contribution is 5.87. The normalized spacial score (nSPS) is 10.2. The molecule has 5 nitrogen and oxygen atoms in total. The quantitative estimate of drug-likeness (QED) is 0.879. The van der Waals surface area contributed by atoms with Crippen LogP contribution in [0.5, 0.6) is 5.75 Å². The maximum atomic E-state index is 11.8. The second kappa shape index (κ2) is 5.39. The Morgan fingerprint density at radius 3 is 2.84 bits per heavy atom. The third kappa shape index (κ3) is 3.01. The summed E-state index contributed by atoms with van der Waals surface area (Å²) in [6, 6.07) is 7.41. The van der Waals surface area contributed by atoms with E-state index >= 15 is 0 Å². The molecule has 98 valence electrons. The molecule has 2 N–H and O–H groups in total. The Balaban J connectivity index is 2.19. The smallest absolute Gasteiger partial charge is 0.341 e. The van der Waals surface area contributed by atoms with Crippen molar-refractivity contribution in [2.24, 2.45) is 0 Å². The minimum atomic E-state index is -1.25. The Morgan fingerprint density at radius 2 is 2.16 bits per heavy atom. The Morgan fingerprint density at radius 1 is 1.37 bits per heavy atom. The Kier molecular flexibility index (Phi) is 3.66. The maximum absolute atomic E-state index is 11.8. The fourth-order valence-corrected chi connectivity index (χ4v) is 1.66. The van der Waals surface area contributed by atoms with Crippen molar-refractivity contribution in [2.75, 3.05) is 0 Å². The number of aryl methyl sites for hydroxylation is 1. The van der Waals surface area contributed by atoms with Crippen LogP contribution in [-0.2, 0) is 6.61 Å². The van der Waals surface area contributed by atoms with E-state index in [-0.39, 0.29) is 17.7 Å². The number of aromatic nitrogens is 1. The average Bonchev–Trinajstić information content (AvgIpc) is 2.37. The molecule has 0 radical (unpaired) electrons. The van der Waals surface area contributed by atoms with E-state index in [0.717, 1.165) is 5.56 Å². The molecule has 0 saturated carbocycles. The van der Waals surface area contributed by atoms with E-state index in [2.05, 4.69) is 4.98 Å². The van der Waals surface area contributed by atoms with Crippen molar-refractivity contribution in [1.29, 1.82) is 0 Å². The van der Waals surface area contributed by atoms with Crippen LogP contribution in [0.1, 0.15) is 21.5 Å². The van der Waals surface area contributed by atoms with E-state index in [1.165, 1.54) is 12.4 Å². The van der Waals surface area contributed by atoms with Crippen LogP contribution in [0.4, 0.5) is 0 Å². The molecule has 0 spiro atoms. The SMILES string of the molecule is Cc1cccc(OCc2c[nH]cc(C(=O)O)c2=O)c1. The first-order chi connectivity index (χ1) is 9.08. The predicted molar refractivity (Wildman–Crippen MR) is 69.5 cm³/mol. The van der Waals surface area contributed by atoms with Crippen LogP contribution >= 0.6 is 0 Å². The Labute approximate surface area is 109 Å². The molecule has 2 aromatic rings. The van der Waals surface area contributed by atoms with Gasteiger partial charge < -0.3 is 14.8 Å². The molecule has 0 atom stereocenters. The van der Waals surface area contributed by atoms with E-state index in [1.807, 2.05) is 25.1 Å². The number of benzene rings is 1. The number of carbonyl (C=O) groups is 1. The lowest BCUT2D eigenvalue weighted by Gasteiger charge is -2.06. The van der Waals surface area contributed by atoms with E-state index in [4.69, 9.17) is 9.84 Å². The first kappa shape index (κ1) is 12.9. The highest BCUT2D eigenvalue weighted by atomic mass is 16.5. The van der Waals surface area contributed by atoms with Gasteiger partial charge >= 0.3 is 5.97 Å². The van der Waals surface area contributed by atoms with Crippen LogP contribution < -0.4 is 10.2 Å². The van der Waals surface area contributed by atoms with Gasteiger partial charge in [0, 0.05) is 12.4 Å². The van der Waals surface area contributed by atoms with Crippen molar-refractivity contribution in [1.82, 2.24) is 4.98 Å². The number of H-pyrrole nitrogens is 1. The van der Waals surface area contributed by atoms with Crippen LogP contribution in [0.25, 0.3) is 0 Å². The Bertz CT molecular complexity index is 660. The standard InChI is InChI=1S/C14H13NO4/c1-9-3-2-4-11(5-9)19-8-10-6-15-7-12(13(10)16)14(17)18/h2-7H,8H2,1H3,(H,15,16)(H,17,18). The van der Waals surface area contributed by atoms with Gasteiger partial charge in [-0.05, 0) is 24.6 Å². The largest absolute Gasteiger partial charge is 0.489 e. The van der Waals surface area contributed by atoms with Crippen molar-refractivity contribution in [3.8, 4) is 5.75 Å². The molecular formula is C14H13NO4. The third-order valence-electron chi connectivity index (χ3n) is 2.64. The van der Waals surface area contributed by atoms with E-state index in [0.29, 0.717) is 5.75 Å². The topological polar surface area (TPSA) is 79.4 Å². The van der Waals surface area contributed by atoms with Gasteiger partial charge in [-0.1, -0.05) is 12.1 Å². The summed E-state index contributed by atoms with van der Waals surface area (Å²) in [5.41, 5.74) is 0.511. The van der Waals surface area contributed by atoms with Gasteiger partial charge in [0.15, 0.2) is 0 Å². The van der Waals surface area contributed by atoms with E-state index < -0.39 is 11.4 Å². The second-order valence-corrected chi connectivity index (χ2v) is 4.13. The maximum Gasteiger partial charge on any atom is 0.341 e. The minimum absolute atomic E-state index is 0.0277. The lowest BCUT2D eigenvalue weighted by molar-refractivity contribution is 0.0695. The summed E-state index contributed by atoms with van der Waals surface area (Å²) in [6.07, 6.45) is 2.62. The van der Waals surface area contributed by atoms with Gasteiger partial charge in [-0.25, -0.2) is 4.79 Å². The number of nitrogens with one attached hydrogen (secondary N) is 1. The number of aromatic amines is 1. The van der Waals surface area contributed by atoms with Gasteiger partial charge in [-0.15, -0.1) is 0 Å². The number of hydrogen-bond acceptors (Lipinski definition) is 3. The molecule has 19 heavy (non-hydrogen) atoms. The van der Waals surface area contributed by atoms with Gasteiger partial charge in [0.1, 0.15) is 17.9 Å². The van der Waals surface area contributed by atoms with Crippen molar-refractivity contribution < 1.29 is 14.6 Å². The highest BCUT2D eigenvalue weighted by Crippen LogP contribution is 2.13. The van der Waals surface area contributed by atoms with Gasteiger partial charge in [-0.3, -0.25) is 4.79 Å². The molecule has 1 aromatic heterocycles. The van der Waals surface area contributed by atoms with Gasteiger partial charge in [0.2, 0.25) is 5.43 Å². The van der Waals surface area contributed by atoms with Crippen molar-refractivity contribution in [3.63, 3.8) is 0 Å². The summed E-state index contributed by atoms with van der Waals surface area (Å²) in [7, 11) is 0. The molecule has 0 bridgehead atoms. The number of pyridine rings is 1. The first-order valence-corrected chi connectivity index (χ1v) is 5.70. The summed E-state index contributed by atoms with van der Waals surface area (Å²) in [6.45, 7) is 1.96. The van der Waals surface area contributed by atoms with Crippen LogP contribution in [-0.4, -0.2) is 16.1 Å². The molecule has 1 heterocycles. The van der Waals surface area contributed by atoms with Crippen LogP contribution in [0, 0.1) is 6.92 Å². The Hall–Kier alpha value is -2.56. The zero-order valence-electron chi connectivity index (χ0n) is 10.3. The molecule has 1 aromatic carbocycles. The fourth-order valence-electron chi connectivity index (χ4n) is 1.66. The number of carboxylic acids is 1. The number of rotatable bonds is 4. The van der Waals surface area contributed by atoms with Crippen LogP contribution in [0.15, 0.2) is 41.5 Å². The van der Waals surface area contributed by atoms with Crippen molar-refractivity contribution >= 4 is 5.97 Å². The molecular weight excluding hydrogens is 246 g/mol. The summed E-state index contributed by atoms with van der Waals surface area (Å²) < 4.78 is 5.48. The van der Waals surface area contributed by atoms with Crippen LogP contribution in [0.2, 0.25) is 0 Å². The molecule has 0 aliphatic heterocycles.